The number of phenolic OH excluding ortho intramolecular Hbond substituents is 1. The molecule has 0 unspecified atom stereocenters. The molecular weight excluding hydrogens is 256 g/mol. The summed E-state index contributed by atoms with van der Waals surface area (Å²) in [5.74, 6) is 0.335. The highest BCUT2D eigenvalue weighted by Crippen LogP contribution is 2.28. The number of methoxy groups -OCH3 is 1. The Morgan fingerprint density at radius 2 is 2.15 bits per heavy atom. The molecular formula is C15H22N2O3. The van der Waals surface area contributed by atoms with Gasteiger partial charge in [-0.25, -0.2) is 0 Å². The largest absolute Gasteiger partial charge is 0.507 e. The lowest BCUT2D eigenvalue weighted by molar-refractivity contribution is 0.0685. The zero-order valence-corrected chi connectivity index (χ0v) is 11.8. The van der Waals surface area contributed by atoms with Gasteiger partial charge in [-0.2, -0.15) is 0 Å². The standard InChI is InChI=1S/C15H22N2O3/c1-20-12-6-7-13(14(18)10-12)15(19)17(9-8-16)11-4-2-3-5-11/h6-7,10-11,18H,2-5,8-9,16H2,1H3. The summed E-state index contributed by atoms with van der Waals surface area (Å²) >= 11 is 0. The zero-order chi connectivity index (χ0) is 14.5. The lowest BCUT2D eigenvalue weighted by Crippen LogP contribution is -2.42. The first-order valence-corrected chi connectivity index (χ1v) is 7.05. The SMILES string of the molecule is COc1ccc(C(=O)N(CCN)C2CCCC2)c(O)c1. The van der Waals surface area contributed by atoms with Crippen molar-refractivity contribution in [3.05, 3.63) is 23.8 Å². The Balaban J connectivity index is 2.22. The summed E-state index contributed by atoms with van der Waals surface area (Å²) in [6, 6.07) is 4.99. The van der Waals surface area contributed by atoms with Crippen molar-refractivity contribution in [3.63, 3.8) is 0 Å². The van der Waals surface area contributed by atoms with E-state index in [2.05, 4.69) is 0 Å². The van der Waals surface area contributed by atoms with Crippen molar-refractivity contribution in [1.29, 1.82) is 0 Å². The van der Waals surface area contributed by atoms with Gasteiger partial charge >= 0.3 is 0 Å². The van der Waals surface area contributed by atoms with Crippen LogP contribution in [0.15, 0.2) is 18.2 Å². The number of phenols is 1. The number of aromatic hydroxyl groups is 1. The van der Waals surface area contributed by atoms with Crippen molar-refractivity contribution in [2.75, 3.05) is 20.2 Å². The molecule has 0 heterocycles. The quantitative estimate of drug-likeness (QED) is 0.860. The molecule has 0 aliphatic heterocycles. The van der Waals surface area contributed by atoms with Gasteiger partial charge < -0.3 is 20.5 Å². The minimum atomic E-state index is -0.150. The molecule has 0 radical (unpaired) electrons. The first-order valence-electron chi connectivity index (χ1n) is 7.05. The number of hydrogen-bond donors (Lipinski definition) is 2. The lowest BCUT2D eigenvalue weighted by Gasteiger charge is -2.29. The van der Waals surface area contributed by atoms with Crippen LogP contribution in [0, 0.1) is 0 Å². The number of amides is 1. The number of rotatable bonds is 5. The number of nitrogens with two attached hydrogens (primary N) is 1. The zero-order valence-electron chi connectivity index (χ0n) is 11.8. The molecule has 1 amide bonds. The number of hydrogen-bond acceptors (Lipinski definition) is 4. The molecule has 20 heavy (non-hydrogen) atoms. The molecule has 0 aromatic heterocycles. The van der Waals surface area contributed by atoms with Gasteiger partial charge in [0.2, 0.25) is 0 Å². The second-order valence-corrected chi connectivity index (χ2v) is 5.11. The Morgan fingerprint density at radius 3 is 2.70 bits per heavy atom. The molecule has 110 valence electrons. The van der Waals surface area contributed by atoms with E-state index in [9.17, 15) is 9.90 Å². The topological polar surface area (TPSA) is 75.8 Å². The Morgan fingerprint density at radius 1 is 1.45 bits per heavy atom. The van der Waals surface area contributed by atoms with Crippen LogP contribution in [-0.2, 0) is 0 Å². The smallest absolute Gasteiger partial charge is 0.257 e. The molecule has 2 rings (SSSR count). The molecule has 5 heteroatoms. The third kappa shape index (κ3) is 3.04. The van der Waals surface area contributed by atoms with E-state index in [1.807, 2.05) is 0 Å². The molecule has 0 spiro atoms. The van der Waals surface area contributed by atoms with Crippen LogP contribution in [0.1, 0.15) is 36.0 Å². The maximum atomic E-state index is 12.6. The van der Waals surface area contributed by atoms with E-state index in [4.69, 9.17) is 10.5 Å². The summed E-state index contributed by atoms with van der Waals surface area (Å²) in [5, 5.41) is 9.99. The molecule has 1 aliphatic carbocycles. The van der Waals surface area contributed by atoms with Crippen molar-refractivity contribution in [2.45, 2.75) is 31.7 Å². The number of nitrogens with zero attached hydrogens (tertiary/aromatic N) is 1. The Hall–Kier alpha value is -1.75. The molecule has 1 aromatic rings. The van der Waals surface area contributed by atoms with E-state index in [0.717, 1.165) is 25.7 Å². The Bertz CT molecular complexity index is 470. The highest BCUT2D eigenvalue weighted by Gasteiger charge is 2.28. The number of carbonyl (C=O) groups is 1. The van der Waals surface area contributed by atoms with E-state index < -0.39 is 0 Å². The van der Waals surface area contributed by atoms with E-state index in [-0.39, 0.29) is 17.7 Å². The summed E-state index contributed by atoms with van der Waals surface area (Å²) in [4.78, 5) is 14.4. The molecule has 0 atom stereocenters. The maximum Gasteiger partial charge on any atom is 0.257 e. The summed E-state index contributed by atoms with van der Waals surface area (Å²) < 4.78 is 5.03. The van der Waals surface area contributed by atoms with E-state index in [0.29, 0.717) is 24.4 Å². The van der Waals surface area contributed by atoms with Crippen LogP contribution >= 0.6 is 0 Å². The fourth-order valence-corrected chi connectivity index (χ4v) is 2.78. The second kappa shape index (κ2) is 6.61. The molecule has 1 fully saturated rings. The van der Waals surface area contributed by atoms with Crippen molar-refractivity contribution in [2.24, 2.45) is 5.73 Å². The van der Waals surface area contributed by atoms with Crippen LogP contribution in [0.2, 0.25) is 0 Å². The van der Waals surface area contributed by atoms with Gasteiger partial charge in [-0.1, -0.05) is 12.8 Å². The molecule has 0 saturated heterocycles. The van der Waals surface area contributed by atoms with Gasteiger partial charge in [0.15, 0.2) is 0 Å². The predicted molar refractivity (Wildman–Crippen MR) is 77.0 cm³/mol. The third-order valence-corrected chi connectivity index (χ3v) is 3.83. The maximum absolute atomic E-state index is 12.6. The van der Waals surface area contributed by atoms with Gasteiger partial charge in [0, 0.05) is 25.2 Å². The predicted octanol–water partition coefficient (Wildman–Crippen LogP) is 1.74. The van der Waals surface area contributed by atoms with Gasteiger partial charge in [0.1, 0.15) is 11.5 Å². The fourth-order valence-electron chi connectivity index (χ4n) is 2.78. The molecule has 0 bridgehead atoms. The molecule has 5 nitrogen and oxygen atoms in total. The van der Waals surface area contributed by atoms with Gasteiger partial charge in [0.05, 0.1) is 12.7 Å². The highest BCUT2D eigenvalue weighted by atomic mass is 16.5. The minimum Gasteiger partial charge on any atom is -0.507 e. The van der Waals surface area contributed by atoms with Gasteiger partial charge in [-0.3, -0.25) is 4.79 Å². The number of benzene rings is 1. The summed E-state index contributed by atoms with van der Waals surface area (Å²) in [5.41, 5.74) is 5.93. The van der Waals surface area contributed by atoms with Gasteiger partial charge in [-0.15, -0.1) is 0 Å². The van der Waals surface area contributed by atoms with Crippen LogP contribution in [0.3, 0.4) is 0 Å². The normalized spacial score (nSPS) is 15.3. The van der Waals surface area contributed by atoms with Crippen LogP contribution in [0.5, 0.6) is 11.5 Å². The average molecular weight is 278 g/mol. The summed E-state index contributed by atoms with van der Waals surface area (Å²) in [7, 11) is 1.52. The van der Waals surface area contributed by atoms with Crippen LogP contribution < -0.4 is 10.5 Å². The first kappa shape index (κ1) is 14.7. The Labute approximate surface area is 119 Å². The summed E-state index contributed by atoms with van der Waals surface area (Å²) in [6.07, 6.45) is 4.33. The van der Waals surface area contributed by atoms with E-state index >= 15 is 0 Å². The van der Waals surface area contributed by atoms with Crippen LogP contribution in [0.4, 0.5) is 0 Å². The third-order valence-electron chi connectivity index (χ3n) is 3.83. The number of ether oxygens (including phenoxy) is 1. The van der Waals surface area contributed by atoms with Crippen molar-refractivity contribution >= 4 is 5.91 Å². The summed E-state index contributed by atoms with van der Waals surface area (Å²) in [6.45, 7) is 0.953. The number of carbonyl (C=O) groups excluding carboxylic acids is 1. The minimum absolute atomic E-state index is 0.0469. The molecule has 1 aromatic carbocycles. The molecule has 1 aliphatic rings. The van der Waals surface area contributed by atoms with Crippen molar-refractivity contribution < 1.29 is 14.6 Å². The molecule has 3 N–H and O–H groups in total. The lowest BCUT2D eigenvalue weighted by atomic mass is 10.1. The fraction of sp³-hybridized carbons (Fsp3) is 0.533. The first-order chi connectivity index (χ1) is 9.67. The van der Waals surface area contributed by atoms with E-state index in [1.54, 1.807) is 17.0 Å². The van der Waals surface area contributed by atoms with Gasteiger partial charge in [-0.05, 0) is 25.0 Å². The highest BCUT2D eigenvalue weighted by molar-refractivity contribution is 5.97. The Kier molecular flexibility index (Phi) is 4.84. The van der Waals surface area contributed by atoms with Gasteiger partial charge in [0.25, 0.3) is 5.91 Å². The van der Waals surface area contributed by atoms with Crippen molar-refractivity contribution in [3.8, 4) is 11.5 Å². The van der Waals surface area contributed by atoms with Crippen molar-refractivity contribution in [1.82, 2.24) is 4.90 Å². The monoisotopic (exact) mass is 278 g/mol. The second-order valence-electron chi connectivity index (χ2n) is 5.11. The average Bonchev–Trinajstić information content (AvgIpc) is 2.97. The van der Waals surface area contributed by atoms with Crippen LogP contribution in [0.25, 0.3) is 0 Å². The van der Waals surface area contributed by atoms with E-state index in [1.165, 1.54) is 13.2 Å². The molecule has 1 saturated carbocycles. The van der Waals surface area contributed by atoms with Crippen LogP contribution in [-0.4, -0.2) is 42.2 Å².